The summed E-state index contributed by atoms with van der Waals surface area (Å²) >= 11 is 0. The first-order valence-corrected chi connectivity index (χ1v) is 9.46. The summed E-state index contributed by atoms with van der Waals surface area (Å²) in [5, 5.41) is 0. The van der Waals surface area contributed by atoms with Crippen molar-refractivity contribution in [3.63, 3.8) is 0 Å². The van der Waals surface area contributed by atoms with Gasteiger partial charge in [-0.2, -0.15) is 4.31 Å². The van der Waals surface area contributed by atoms with E-state index >= 15 is 0 Å². The fourth-order valence-electron chi connectivity index (χ4n) is 3.20. The Morgan fingerprint density at radius 3 is 2.50 bits per heavy atom. The van der Waals surface area contributed by atoms with Crippen molar-refractivity contribution in [3.05, 3.63) is 65.7 Å². The average molecular weight is 351 g/mol. The minimum absolute atomic E-state index is 0.303. The van der Waals surface area contributed by atoms with E-state index in [2.05, 4.69) is 0 Å². The Morgan fingerprint density at radius 2 is 1.75 bits per heavy atom. The number of benzene rings is 2. The van der Waals surface area contributed by atoms with Gasteiger partial charge in [0.2, 0.25) is 10.0 Å². The second-order valence-electron chi connectivity index (χ2n) is 5.97. The zero-order valence-electron chi connectivity index (χ0n) is 13.2. The molecule has 1 aliphatic heterocycles. The van der Waals surface area contributed by atoms with Crippen LogP contribution in [0.15, 0.2) is 53.4 Å². The highest BCUT2D eigenvalue weighted by Gasteiger charge is 2.34. The SMILES string of the molecule is O=S(=O)(c1ccccc1F)N1CCCCCC1c1cccc(F)c1. The molecule has 3 nitrogen and oxygen atoms in total. The molecule has 0 bridgehead atoms. The highest BCUT2D eigenvalue weighted by molar-refractivity contribution is 7.89. The van der Waals surface area contributed by atoms with Gasteiger partial charge in [0.25, 0.3) is 0 Å². The average Bonchev–Trinajstić information content (AvgIpc) is 2.81. The molecule has 0 saturated carbocycles. The largest absolute Gasteiger partial charge is 0.246 e. The third-order valence-corrected chi connectivity index (χ3v) is 6.30. The quantitative estimate of drug-likeness (QED) is 0.828. The molecule has 1 saturated heterocycles. The molecule has 2 aromatic carbocycles. The molecule has 1 heterocycles. The maximum atomic E-state index is 14.1. The van der Waals surface area contributed by atoms with Gasteiger partial charge in [-0.3, -0.25) is 0 Å². The second kappa shape index (κ2) is 6.99. The Labute approximate surface area is 141 Å². The number of halogens is 2. The Hall–Kier alpha value is -1.79. The second-order valence-corrected chi connectivity index (χ2v) is 7.83. The van der Waals surface area contributed by atoms with Crippen LogP contribution in [0.3, 0.4) is 0 Å². The number of nitrogens with zero attached hydrogens (tertiary/aromatic N) is 1. The summed E-state index contributed by atoms with van der Waals surface area (Å²) in [5.41, 5.74) is 0.608. The first-order chi connectivity index (χ1) is 11.5. The van der Waals surface area contributed by atoms with Gasteiger partial charge in [-0.05, 0) is 42.7 Å². The number of sulfonamides is 1. The van der Waals surface area contributed by atoms with Crippen molar-refractivity contribution in [1.82, 2.24) is 4.31 Å². The lowest BCUT2D eigenvalue weighted by Crippen LogP contribution is -2.35. The minimum Gasteiger partial charge on any atom is -0.207 e. The Balaban J connectivity index is 2.06. The fourth-order valence-corrected chi connectivity index (χ4v) is 4.95. The Kier molecular flexibility index (Phi) is 4.96. The van der Waals surface area contributed by atoms with Gasteiger partial charge in [0, 0.05) is 6.54 Å². The van der Waals surface area contributed by atoms with E-state index in [0.717, 1.165) is 18.9 Å². The Bertz CT molecular complexity index is 823. The zero-order valence-corrected chi connectivity index (χ0v) is 14.0. The van der Waals surface area contributed by atoms with Crippen molar-refractivity contribution in [2.24, 2.45) is 0 Å². The van der Waals surface area contributed by atoms with E-state index in [1.165, 1.54) is 34.6 Å². The van der Waals surface area contributed by atoms with E-state index in [1.807, 2.05) is 0 Å². The summed E-state index contributed by atoms with van der Waals surface area (Å²) in [6.45, 7) is 0.303. The van der Waals surface area contributed by atoms with Gasteiger partial charge in [0.15, 0.2) is 0 Å². The minimum atomic E-state index is -3.99. The summed E-state index contributed by atoms with van der Waals surface area (Å²) in [4.78, 5) is -0.326. The number of rotatable bonds is 3. The van der Waals surface area contributed by atoms with Crippen LogP contribution in [0.5, 0.6) is 0 Å². The van der Waals surface area contributed by atoms with Crippen LogP contribution in [0.2, 0.25) is 0 Å². The molecular weight excluding hydrogens is 332 g/mol. The van der Waals surface area contributed by atoms with Gasteiger partial charge in [0.05, 0.1) is 6.04 Å². The molecule has 2 aromatic rings. The standard InChI is InChI=1S/C18H19F2NO2S/c19-15-8-6-7-14(13-15)17-10-2-1-5-12-21(17)24(22,23)18-11-4-3-9-16(18)20/h3-4,6-9,11,13,17H,1-2,5,10,12H2. The van der Waals surface area contributed by atoms with Crippen molar-refractivity contribution >= 4 is 10.0 Å². The van der Waals surface area contributed by atoms with Crippen LogP contribution in [-0.2, 0) is 10.0 Å². The van der Waals surface area contributed by atoms with Gasteiger partial charge >= 0.3 is 0 Å². The van der Waals surface area contributed by atoms with E-state index in [1.54, 1.807) is 12.1 Å². The third-order valence-electron chi connectivity index (χ3n) is 4.36. The lowest BCUT2D eigenvalue weighted by Gasteiger charge is -2.29. The topological polar surface area (TPSA) is 37.4 Å². The summed E-state index contributed by atoms with van der Waals surface area (Å²) in [7, 11) is -3.99. The molecule has 1 aliphatic rings. The summed E-state index contributed by atoms with van der Waals surface area (Å²) in [5.74, 6) is -1.17. The summed E-state index contributed by atoms with van der Waals surface area (Å²) in [6.07, 6.45) is 3.05. The van der Waals surface area contributed by atoms with Crippen LogP contribution in [0, 0.1) is 11.6 Å². The monoisotopic (exact) mass is 351 g/mol. The summed E-state index contributed by atoms with van der Waals surface area (Å²) in [6, 6.07) is 10.9. The molecule has 1 atom stereocenters. The molecule has 0 N–H and O–H groups in total. The smallest absolute Gasteiger partial charge is 0.207 e. The van der Waals surface area contributed by atoms with Crippen molar-refractivity contribution in [1.29, 1.82) is 0 Å². The summed E-state index contributed by atoms with van der Waals surface area (Å²) < 4.78 is 55.0. The molecule has 1 fully saturated rings. The molecule has 0 amide bonds. The fraction of sp³-hybridized carbons (Fsp3) is 0.333. The van der Waals surface area contributed by atoms with Crippen LogP contribution < -0.4 is 0 Å². The van der Waals surface area contributed by atoms with Crippen LogP contribution >= 0.6 is 0 Å². The van der Waals surface area contributed by atoms with Crippen molar-refractivity contribution < 1.29 is 17.2 Å². The number of hydrogen-bond acceptors (Lipinski definition) is 2. The highest BCUT2D eigenvalue weighted by atomic mass is 32.2. The predicted molar refractivity (Wildman–Crippen MR) is 87.9 cm³/mol. The molecule has 6 heteroatoms. The maximum absolute atomic E-state index is 14.1. The van der Waals surface area contributed by atoms with Crippen molar-refractivity contribution in [3.8, 4) is 0 Å². The first-order valence-electron chi connectivity index (χ1n) is 8.02. The van der Waals surface area contributed by atoms with E-state index in [9.17, 15) is 17.2 Å². The lowest BCUT2D eigenvalue weighted by molar-refractivity contribution is 0.326. The molecule has 24 heavy (non-hydrogen) atoms. The van der Waals surface area contributed by atoms with Gasteiger partial charge < -0.3 is 0 Å². The zero-order chi connectivity index (χ0) is 17.2. The number of hydrogen-bond donors (Lipinski definition) is 0. The molecule has 0 radical (unpaired) electrons. The molecule has 128 valence electrons. The molecule has 0 aromatic heterocycles. The van der Waals surface area contributed by atoms with E-state index < -0.39 is 27.7 Å². The normalized spacial score (nSPS) is 19.8. The molecular formula is C18H19F2NO2S. The van der Waals surface area contributed by atoms with E-state index in [0.29, 0.717) is 24.9 Å². The van der Waals surface area contributed by atoms with Gasteiger partial charge in [-0.1, -0.05) is 37.1 Å². The van der Waals surface area contributed by atoms with Crippen molar-refractivity contribution in [2.75, 3.05) is 6.54 Å². The highest BCUT2D eigenvalue weighted by Crippen LogP contribution is 2.35. The first kappa shape index (κ1) is 17.0. The molecule has 0 aliphatic carbocycles. The van der Waals surface area contributed by atoms with Crippen LogP contribution in [0.4, 0.5) is 8.78 Å². The lowest BCUT2D eigenvalue weighted by atomic mass is 10.0. The molecule has 1 unspecified atom stereocenters. The van der Waals surface area contributed by atoms with E-state index in [-0.39, 0.29) is 4.90 Å². The van der Waals surface area contributed by atoms with Gasteiger partial charge in [0.1, 0.15) is 16.5 Å². The Morgan fingerprint density at radius 1 is 0.958 bits per heavy atom. The predicted octanol–water partition coefficient (Wildman–Crippen LogP) is 4.27. The van der Waals surface area contributed by atoms with Gasteiger partial charge in [-0.25, -0.2) is 17.2 Å². The van der Waals surface area contributed by atoms with Crippen molar-refractivity contribution in [2.45, 2.75) is 36.6 Å². The molecule has 3 rings (SSSR count). The van der Waals surface area contributed by atoms with E-state index in [4.69, 9.17) is 0 Å². The van der Waals surface area contributed by atoms with Crippen LogP contribution in [0.25, 0.3) is 0 Å². The van der Waals surface area contributed by atoms with Gasteiger partial charge in [-0.15, -0.1) is 0 Å². The molecule has 0 spiro atoms. The third kappa shape index (κ3) is 3.35. The van der Waals surface area contributed by atoms with Crippen LogP contribution in [-0.4, -0.2) is 19.3 Å². The van der Waals surface area contributed by atoms with Crippen LogP contribution in [0.1, 0.15) is 37.3 Å². The maximum Gasteiger partial charge on any atom is 0.246 e.